The lowest BCUT2D eigenvalue weighted by Crippen LogP contribution is -1.94. The second-order valence-corrected chi connectivity index (χ2v) is 3.40. The molecule has 1 aromatic heterocycles. The third kappa shape index (κ3) is 1.68. The zero-order chi connectivity index (χ0) is 10.8. The molecule has 15 heavy (non-hydrogen) atoms. The van der Waals surface area contributed by atoms with Crippen LogP contribution in [0.25, 0.3) is 11.4 Å². The Morgan fingerprint density at radius 1 is 1.27 bits per heavy atom. The van der Waals surface area contributed by atoms with E-state index in [4.69, 9.17) is 4.74 Å². The predicted molar refractivity (Wildman–Crippen MR) is 55.6 cm³/mol. The van der Waals surface area contributed by atoms with Gasteiger partial charge in [0.25, 0.3) is 0 Å². The minimum absolute atomic E-state index is 0.554. The van der Waals surface area contributed by atoms with E-state index in [-0.39, 0.29) is 0 Å². The highest BCUT2D eigenvalue weighted by atomic mass is 16.5. The number of aromatic nitrogens is 4. The van der Waals surface area contributed by atoms with Crippen LogP contribution in [0.15, 0.2) is 12.1 Å². The number of benzene rings is 1. The molecule has 2 rings (SSSR count). The number of tetrazole rings is 1. The number of aryl methyl sites for hydroxylation is 2. The van der Waals surface area contributed by atoms with Gasteiger partial charge in [-0.1, -0.05) is 6.07 Å². The Labute approximate surface area is 87.5 Å². The molecule has 0 aliphatic rings. The molecular formula is C10H12N4O. The molecule has 0 amide bonds. The average Bonchev–Trinajstić information content (AvgIpc) is 2.69. The van der Waals surface area contributed by atoms with Gasteiger partial charge in [0, 0.05) is 0 Å². The minimum Gasteiger partial charge on any atom is -0.496 e. The number of H-pyrrole nitrogens is 1. The van der Waals surface area contributed by atoms with Crippen molar-refractivity contribution < 1.29 is 4.74 Å². The van der Waals surface area contributed by atoms with Gasteiger partial charge in [-0.05, 0) is 36.3 Å². The van der Waals surface area contributed by atoms with E-state index in [1.165, 1.54) is 0 Å². The van der Waals surface area contributed by atoms with Crippen LogP contribution in [0.1, 0.15) is 11.1 Å². The van der Waals surface area contributed by atoms with Crippen LogP contribution in [0.4, 0.5) is 0 Å². The van der Waals surface area contributed by atoms with Crippen molar-refractivity contribution >= 4 is 0 Å². The van der Waals surface area contributed by atoms with Gasteiger partial charge in [0.2, 0.25) is 5.82 Å². The van der Waals surface area contributed by atoms with Gasteiger partial charge in [-0.15, -0.1) is 10.2 Å². The highest BCUT2D eigenvalue weighted by Gasteiger charge is 2.12. The van der Waals surface area contributed by atoms with E-state index in [0.29, 0.717) is 5.82 Å². The lowest BCUT2D eigenvalue weighted by Gasteiger charge is -2.09. The summed E-state index contributed by atoms with van der Waals surface area (Å²) in [4.78, 5) is 0. The fourth-order valence-corrected chi connectivity index (χ4v) is 1.67. The number of ether oxygens (including phenoxy) is 1. The first-order valence-corrected chi connectivity index (χ1v) is 4.61. The van der Waals surface area contributed by atoms with E-state index in [9.17, 15) is 0 Å². The Kier molecular flexibility index (Phi) is 2.37. The predicted octanol–water partition coefficient (Wildman–Crippen LogP) is 1.49. The van der Waals surface area contributed by atoms with Crippen molar-refractivity contribution in [3.63, 3.8) is 0 Å². The van der Waals surface area contributed by atoms with Crippen molar-refractivity contribution in [3.05, 3.63) is 23.3 Å². The largest absolute Gasteiger partial charge is 0.496 e. The molecule has 2 aromatic rings. The molecule has 1 aromatic carbocycles. The van der Waals surface area contributed by atoms with Crippen LogP contribution in [0.2, 0.25) is 0 Å². The van der Waals surface area contributed by atoms with Crippen LogP contribution < -0.4 is 4.74 Å². The van der Waals surface area contributed by atoms with Gasteiger partial charge < -0.3 is 4.74 Å². The fraction of sp³-hybridized carbons (Fsp3) is 0.300. The molecule has 5 heteroatoms. The first kappa shape index (κ1) is 9.64. The standard InChI is InChI=1S/C10H12N4O/c1-6-4-7(2)9(15-3)8(5-6)10-11-13-14-12-10/h4-5H,1-3H3,(H,11,12,13,14). The molecule has 0 saturated carbocycles. The topological polar surface area (TPSA) is 63.7 Å². The molecule has 0 fully saturated rings. The monoisotopic (exact) mass is 204 g/mol. The summed E-state index contributed by atoms with van der Waals surface area (Å²) in [6, 6.07) is 4.04. The van der Waals surface area contributed by atoms with Crippen LogP contribution >= 0.6 is 0 Å². The number of aromatic amines is 1. The van der Waals surface area contributed by atoms with Crippen molar-refractivity contribution in [1.82, 2.24) is 20.6 Å². The summed E-state index contributed by atoms with van der Waals surface area (Å²) in [5.41, 5.74) is 3.08. The molecule has 0 atom stereocenters. The quantitative estimate of drug-likeness (QED) is 0.805. The maximum absolute atomic E-state index is 5.33. The molecule has 0 aliphatic heterocycles. The van der Waals surface area contributed by atoms with E-state index < -0.39 is 0 Å². The number of nitrogens with one attached hydrogen (secondary N) is 1. The lowest BCUT2D eigenvalue weighted by molar-refractivity contribution is 0.413. The van der Waals surface area contributed by atoms with Gasteiger partial charge in [-0.25, -0.2) is 0 Å². The molecule has 1 N–H and O–H groups in total. The Bertz CT molecular complexity index is 465. The second kappa shape index (κ2) is 3.68. The minimum atomic E-state index is 0.554. The summed E-state index contributed by atoms with van der Waals surface area (Å²) in [5, 5.41) is 13.9. The highest BCUT2D eigenvalue weighted by molar-refractivity contribution is 5.67. The van der Waals surface area contributed by atoms with E-state index in [0.717, 1.165) is 22.4 Å². The molecule has 1 heterocycles. The number of hydrogen-bond acceptors (Lipinski definition) is 4. The number of nitrogens with zero attached hydrogens (tertiary/aromatic N) is 3. The maximum Gasteiger partial charge on any atom is 0.208 e. The molecular weight excluding hydrogens is 192 g/mol. The van der Waals surface area contributed by atoms with Crippen molar-refractivity contribution in [2.24, 2.45) is 0 Å². The van der Waals surface area contributed by atoms with Crippen LogP contribution in [-0.2, 0) is 0 Å². The van der Waals surface area contributed by atoms with E-state index in [1.807, 2.05) is 19.9 Å². The van der Waals surface area contributed by atoms with E-state index in [2.05, 4.69) is 26.7 Å². The third-order valence-corrected chi connectivity index (χ3v) is 2.21. The van der Waals surface area contributed by atoms with Gasteiger partial charge in [0.1, 0.15) is 5.75 Å². The number of hydrogen-bond donors (Lipinski definition) is 1. The van der Waals surface area contributed by atoms with Crippen LogP contribution in [0.3, 0.4) is 0 Å². The molecule has 78 valence electrons. The summed E-state index contributed by atoms with van der Waals surface area (Å²) in [6.45, 7) is 4.02. The van der Waals surface area contributed by atoms with Crippen molar-refractivity contribution in [3.8, 4) is 17.1 Å². The number of rotatable bonds is 2. The fourth-order valence-electron chi connectivity index (χ4n) is 1.67. The first-order valence-electron chi connectivity index (χ1n) is 4.61. The van der Waals surface area contributed by atoms with Gasteiger partial charge in [-0.3, -0.25) is 0 Å². The molecule has 0 spiro atoms. The smallest absolute Gasteiger partial charge is 0.208 e. The zero-order valence-corrected chi connectivity index (χ0v) is 8.90. The second-order valence-electron chi connectivity index (χ2n) is 3.40. The van der Waals surface area contributed by atoms with Gasteiger partial charge in [0.15, 0.2) is 0 Å². The molecule has 0 aliphatic carbocycles. The molecule has 0 bridgehead atoms. The Morgan fingerprint density at radius 3 is 2.67 bits per heavy atom. The van der Waals surface area contributed by atoms with Crippen LogP contribution in [0, 0.1) is 13.8 Å². The normalized spacial score (nSPS) is 10.3. The summed E-state index contributed by atoms with van der Waals surface area (Å²) in [7, 11) is 1.64. The molecule has 5 nitrogen and oxygen atoms in total. The van der Waals surface area contributed by atoms with Gasteiger partial charge in [0.05, 0.1) is 12.7 Å². The summed E-state index contributed by atoms with van der Waals surface area (Å²) >= 11 is 0. The number of methoxy groups -OCH3 is 1. The Morgan fingerprint density at radius 2 is 2.07 bits per heavy atom. The highest BCUT2D eigenvalue weighted by Crippen LogP contribution is 2.31. The summed E-state index contributed by atoms with van der Waals surface area (Å²) in [5.74, 6) is 1.35. The molecule has 0 saturated heterocycles. The van der Waals surface area contributed by atoms with Gasteiger partial charge >= 0.3 is 0 Å². The lowest BCUT2D eigenvalue weighted by atomic mass is 10.1. The summed E-state index contributed by atoms with van der Waals surface area (Å²) in [6.07, 6.45) is 0. The maximum atomic E-state index is 5.33. The van der Waals surface area contributed by atoms with Crippen molar-refractivity contribution in [1.29, 1.82) is 0 Å². The van der Waals surface area contributed by atoms with Crippen molar-refractivity contribution in [2.45, 2.75) is 13.8 Å². The molecule has 0 radical (unpaired) electrons. The van der Waals surface area contributed by atoms with Gasteiger partial charge in [-0.2, -0.15) is 5.21 Å². The SMILES string of the molecule is COc1c(C)cc(C)cc1-c1nn[nH]n1. The molecule has 0 unspecified atom stereocenters. The first-order chi connectivity index (χ1) is 7.22. The van der Waals surface area contributed by atoms with Crippen LogP contribution in [0.5, 0.6) is 5.75 Å². The summed E-state index contributed by atoms with van der Waals surface area (Å²) < 4.78 is 5.33. The Hall–Kier alpha value is -1.91. The average molecular weight is 204 g/mol. The van der Waals surface area contributed by atoms with Crippen molar-refractivity contribution in [2.75, 3.05) is 7.11 Å². The van der Waals surface area contributed by atoms with Crippen LogP contribution in [-0.4, -0.2) is 27.7 Å². The van der Waals surface area contributed by atoms with E-state index >= 15 is 0 Å². The Balaban J connectivity index is 2.64. The third-order valence-electron chi connectivity index (χ3n) is 2.21. The zero-order valence-electron chi connectivity index (χ0n) is 8.90. The van der Waals surface area contributed by atoms with E-state index in [1.54, 1.807) is 7.11 Å².